The molecule has 5 heteroatoms. The van der Waals surface area contributed by atoms with Crippen LogP contribution in [0.1, 0.15) is 19.3 Å². The zero-order chi connectivity index (χ0) is 11.9. The predicted molar refractivity (Wildman–Crippen MR) is 59.5 cm³/mol. The second-order valence-electron chi connectivity index (χ2n) is 4.93. The molecule has 2 aliphatic rings. The van der Waals surface area contributed by atoms with Gasteiger partial charge in [-0.1, -0.05) is 0 Å². The third-order valence-corrected chi connectivity index (χ3v) is 3.42. The van der Waals surface area contributed by atoms with E-state index < -0.39 is 0 Å². The van der Waals surface area contributed by atoms with E-state index in [1.165, 1.54) is 0 Å². The van der Waals surface area contributed by atoms with Gasteiger partial charge in [-0.15, -0.1) is 0 Å². The van der Waals surface area contributed by atoms with Crippen molar-refractivity contribution in [2.75, 3.05) is 20.6 Å². The zero-order valence-corrected chi connectivity index (χ0v) is 9.85. The summed E-state index contributed by atoms with van der Waals surface area (Å²) in [4.78, 5) is 27.2. The van der Waals surface area contributed by atoms with Crippen LogP contribution in [0, 0.1) is 5.92 Å². The van der Waals surface area contributed by atoms with Crippen molar-refractivity contribution >= 4 is 11.8 Å². The monoisotopic (exact) mass is 225 g/mol. The molecule has 1 aliphatic carbocycles. The summed E-state index contributed by atoms with van der Waals surface area (Å²) in [5.74, 6) is 0.0702. The molecule has 90 valence electrons. The predicted octanol–water partition coefficient (Wildman–Crippen LogP) is -0.587. The van der Waals surface area contributed by atoms with Crippen molar-refractivity contribution in [2.45, 2.75) is 31.3 Å². The van der Waals surface area contributed by atoms with Crippen LogP contribution >= 0.6 is 0 Å². The van der Waals surface area contributed by atoms with Crippen LogP contribution in [-0.2, 0) is 9.59 Å². The maximum atomic E-state index is 12.0. The van der Waals surface area contributed by atoms with Crippen molar-refractivity contribution in [3.63, 3.8) is 0 Å². The fourth-order valence-corrected chi connectivity index (χ4v) is 2.30. The first-order valence-corrected chi connectivity index (χ1v) is 5.79. The SMILES string of the molecule is CN(C)C(=O)C1CCCN1C(=O)C1CC1N. The van der Waals surface area contributed by atoms with Crippen LogP contribution in [0.4, 0.5) is 0 Å². The molecule has 1 aliphatic heterocycles. The van der Waals surface area contributed by atoms with E-state index in [9.17, 15) is 9.59 Å². The molecule has 3 unspecified atom stereocenters. The molecule has 2 N–H and O–H groups in total. The number of carbonyl (C=O) groups excluding carboxylic acids is 2. The number of rotatable bonds is 2. The minimum Gasteiger partial charge on any atom is -0.347 e. The molecule has 2 rings (SSSR count). The number of likely N-dealkylation sites (tertiary alicyclic amines) is 1. The van der Waals surface area contributed by atoms with Crippen molar-refractivity contribution in [2.24, 2.45) is 11.7 Å². The first kappa shape index (κ1) is 11.4. The van der Waals surface area contributed by atoms with Crippen LogP contribution in [-0.4, -0.2) is 54.3 Å². The molecule has 0 bridgehead atoms. The molecule has 0 radical (unpaired) electrons. The fraction of sp³-hybridized carbons (Fsp3) is 0.818. The van der Waals surface area contributed by atoms with E-state index in [0.717, 1.165) is 19.3 Å². The van der Waals surface area contributed by atoms with E-state index >= 15 is 0 Å². The third-order valence-electron chi connectivity index (χ3n) is 3.42. The summed E-state index contributed by atoms with van der Waals surface area (Å²) in [6.07, 6.45) is 2.47. The zero-order valence-electron chi connectivity index (χ0n) is 9.85. The minimum absolute atomic E-state index is 0.0169. The highest BCUT2D eigenvalue weighted by atomic mass is 16.2. The average molecular weight is 225 g/mol. The second-order valence-corrected chi connectivity index (χ2v) is 4.93. The van der Waals surface area contributed by atoms with Gasteiger partial charge in [0.1, 0.15) is 6.04 Å². The summed E-state index contributed by atoms with van der Waals surface area (Å²) in [6.45, 7) is 0.701. The average Bonchev–Trinajstić information content (AvgIpc) is 2.80. The van der Waals surface area contributed by atoms with Crippen molar-refractivity contribution < 1.29 is 9.59 Å². The summed E-state index contributed by atoms with van der Waals surface area (Å²) < 4.78 is 0. The van der Waals surface area contributed by atoms with Gasteiger partial charge < -0.3 is 15.5 Å². The maximum Gasteiger partial charge on any atom is 0.244 e. The molecule has 1 saturated heterocycles. The Morgan fingerprint density at radius 1 is 1.38 bits per heavy atom. The Labute approximate surface area is 95.6 Å². The quantitative estimate of drug-likeness (QED) is 0.683. The van der Waals surface area contributed by atoms with Crippen molar-refractivity contribution in [3.05, 3.63) is 0 Å². The Hall–Kier alpha value is -1.10. The molecule has 5 nitrogen and oxygen atoms in total. The van der Waals surface area contributed by atoms with E-state index in [-0.39, 0.29) is 29.8 Å². The van der Waals surface area contributed by atoms with Crippen LogP contribution in [0.2, 0.25) is 0 Å². The number of likely N-dealkylation sites (N-methyl/N-ethyl adjacent to an activating group) is 1. The molecule has 0 aromatic rings. The van der Waals surface area contributed by atoms with Gasteiger partial charge in [-0.2, -0.15) is 0 Å². The van der Waals surface area contributed by atoms with Gasteiger partial charge in [0.15, 0.2) is 0 Å². The molecule has 3 atom stereocenters. The molecule has 0 aromatic heterocycles. The van der Waals surface area contributed by atoms with Crippen LogP contribution < -0.4 is 5.73 Å². The highest BCUT2D eigenvalue weighted by Crippen LogP contribution is 2.33. The summed E-state index contributed by atoms with van der Waals surface area (Å²) in [5, 5.41) is 0. The fourth-order valence-electron chi connectivity index (χ4n) is 2.30. The Morgan fingerprint density at radius 2 is 2.00 bits per heavy atom. The van der Waals surface area contributed by atoms with Gasteiger partial charge in [-0.25, -0.2) is 0 Å². The molecule has 2 amide bonds. The van der Waals surface area contributed by atoms with Gasteiger partial charge in [-0.05, 0) is 19.3 Å². The smallest absolute Gasteiger partial charge is 0.244 e. The highest BCUT2D eigenvalue weighted by Gasteiger charge is 2.46. The molecular weight excluding hydrogens is 206 g/mol. The number of carbonyl (C=O) groups is 2. The first-order valence-electron chi connectivity index (χ1n) is 5.79. The lowest BCUT2D eigenvalue weighted by molar-refractivity contribution is -0.143. The van der Waals surface area contributed by atoms with Gasteiger partial charge in [0.05, 0.1) is 5.92 Å². The number of amides is 2. The Morgan fingerprint density at radius 3 is 2.50 bits per heavy atom. The Balaban J connectivity index is 2.03. The Bertz CT molecular complexity index is 316. The molecule has 0 spiro atoms. The number of nitrogens with two attached hydrogens (primary N) is 1. The summed E-state index contributed by atoms with van der Waals surface area (Å²) in [7, 11) is 3.46. The number of hydrogen-bond acceptors (Lipinski definition) is 3. The van der Waals surface area contributed by atoms with E-state index in [2.05, 4.69) is 0 Å². The number of hydrogen-bond donors (Lipinski definition) is 1. The minimum atomic E-state index is -0.254. The highest BCUT2D eigenvalue weighted by molar-refractivity contribution is 5.90. The van der Waals surface area contributed by atoms with Crippen LogP contribution in [0.3, 0.4) is 0 Å². The molecule has 16 heavy (non-hydrogen) atoms. The van der Waals surface area contributed by atoms with Gasteiger partial charge >= 0.3 is 0 Å². The van der Waals surface area contributed by atoms with Gasteiger partial charge in [0, 0.05) is 26.7 Å². The lowest BCUT2D eigenvalue weighted by Crippen LogP contribution is -2.46. The summed E-state index contributed by atoms with van der Waals surface area (Å²) in [5.41, 5.74) is 5.67. The van der Waals surface area contributed by atoms with Gasteiger partial charge in [-0.3, -0.25) is 9.59 Å². The van der Waals surface area contributed by atoms with E-state index in [1.807, 2.05) is 0 Å². The van der Waals surface area contributed by atoms with Crippen molar-refractivity contribution in [3.8, 4) is 0 Å². The second kappa shape index (κ2) is 4.05. The standard InChI is InChI=1S/C11H19N3O2/c1-13(2)11(16)9-4-3-5-14(9)10(15)7-6-8(7)12/h7-9H,3-6,12H2,1-2H3. The number of nitrogens with zero attached hydrogens (tertiary/aromatic N) is 2. The van der Waals surface area contributed by atoms with Gasteiger partial charge in [0.2, 0.25) is 11.8 Å². The van der Waals surface area contributed by atoms with Crippen LogP contribution in [0.5, 0.6) is 0 Å². The van der Waals surface area contributed by atoms with E-state index in [0.29, 0.717) is 6.54 Å². The van der Waals surface area contributed by atoms with Crippen molar-refractivity contribution in [1.82, 2.24) is 9.80 Å². The molecule has 1 saturated carbocycles. The molecular formula is C11H19N3O2. The molecule has 2 fully saturated rings. The normalized spacial score (nSPS) is 32.7. The molecule has 0 aromatic carbocycles. The van der Waals surface area contributed by atoms with Crippen molar-refractivity contribution in [1.29, 1.82) is 0 Å². The largest absolute Gasteiger partial charge is 0.347 e. The molecule has 1 heterocycles. The lowest BCUT2D eigenvalue weighted by Gasteiger charge is -2.26. The summed E-state index contributed by atoms with van der Waals surface area (Å²) in [6, 6.07) is -0.237. The summed E-state index contributed by atoms with van der Waals surface area (Å²) >= 11 is 0. The third kappa shape index (κ3) is 1.91. The first-order chi connectivity index (χ1) is 7.52. The Kier molecular flexibility index (Phi) is 2.88. The van der Waals surface area contributed by atoms with Crippen LogP contribution in [0.25, 0.3) is 0 Å². The lowest BCUT2D eigenvalue weighted by atomic mass is 10.2. The topological polar surface area (TPSA) is 66.6 Å². The maximum absolute atomic E-state index is 12.0. The van der Waals surface area contributed by atoms with E-state index in [4.69, 9.17) is 5.73 Å². The van der Waals surface area contributed by atoms with E-state index in [1.54, 1.807) is 23.9 Å². The van der Waals surface area contributed by atoms with Crippen LogP contribution in [0.15, 0.2) is 0 Å². The van der Waals surface area contributed by atoms with Gasteiger partial charge in [0.25, 0.3) is 0 Å².